The van der Waals surface area contributed by atoms with E-state index in [2.05, 4.69) is 86.8 Å². The van der Waals surface area contributed by atoms with E-state index in [4.69, 9.17) is 4.74 Å². The molecule has 0 heterocycles. The van der Waals surface area contributed by atoms with Crippen LogP contribution in [-0.2, 0) is 14.3 Å². The molecule has 3 atom stereocenters. The molecule has 57 heavy (non-hydrogen) atoms. The largest absolute Gasteiger partial charge is 0.462 e. The number of carbonyl (C=O) groups is 2. The van der Waals surface area contributed by atoms with Crippen molar-refractivity contribution in [3.05, 3.63) is 60.8 Å². The van der Waals surface area contributed by atoms with Crippen molar-refractivity contribution in [1.29, 1.82) is 0 Å². The van der Waals surface area contributed by atoms with E-state index in [9.17, 15) is 19.8 Å². The molecule has 3 unspecified atom stereocenters. The third-order valence-electron chi connectivity index (χ3n) is 10.6. The van der Waals surface area contributed by atoms with Gasteiger partial charge in [0, 0.05) is 6.42 Å². The number of rotatable bonds is 42. The number of hydrogen-bond donors (Lipinski definition) is 3. The SMILES string of the molecule is CCC/C=C\CCCCCC(CC(=O)NC(CO)C(O)CCCCCCCCCCCCCC)OC(=O)CCCCCCC/C=C/C=C/C=C/C=C/CCCCC. The Bertz CT molecular complexity index is 1030. The van der Waals surface area contributed by atoms with Crippen LogP contribution in [0.3, 0.4) is 0 Å². The summed E-state index contributed by atoms with van der Waals surface area (Å²) in [4.78, 5) is 26.0. The molecule has 0 spiro atoms. The number of allylic oxidation sites excluding steroid dienone is 10. The van der Waals surface area contributed by atoms with Crippen molar-refractivity contribution in [3.63, 3.8) is 0 Å². The van der Waals surface area contributed by atoms with Crippen LogP contribution in [0.25, 0.3) is 0 Å². The van der Waals surface area contributed by atoms with E-state index >= 15 is 0 Å². The van der Waals surface area contributed by atoms with E-state index < -0.39 is 18.2 Å². The van der Waals surface area contributed by atoms with Crippen LogP contribution in [-0.4, -0.2) is 46.9 Å². The Balaban J connectivity index is 4.51. The first-order valence-corrected chi connectivity index (χ1v) is 24.1. The summed E-state index contributed by atoms with van der Waals surface area (Å²) < 4.78 is 5.88. The zero-order valence-electron chi connectivity index (χ0n) is 37.5. The van der Waals surface area contributed by atoms with Gasteiger partial charge in [0.2, 0.25) is 5.91 Å². The van der Waals surface area contributed by atoms with Gasteiger partial charge >= 0.3 is 5.97 Å². The highest BCUT2D eigenvalue weighted by Crippen LogP contribution is 2.17. The number of carbonyl (C=O) groups excluding carboxylic acids is 2. The van der Waals surface area contributed by atoms with Crippen molar-refractivity contribution in [2.45, 2.75) is 244 Å². The summed E-state index contributed by atoms with van der Waals surface area (Å²) in [6, 6.07) is -0.710. The smallest absolute Gasteiger partial charge is 0.306 e. The normalized spacial score (nSPS) is 13.8. The lowest BCUT2D eigenvalue weighted by molar-refractivity contribution is -0.151. The van der Waals surface area contributed by atoms with Gasteiger partial charge in [0.1, 0.15) is 6.10 Å². The maximum Gasteiger partial charge on any atom is 0.306 e. The van der Waals surface area contributed by atoms with Crippen LogP contribution in [0, 0.1) is 0 Å². The van der Waals surface area contributed by atoms with Crippen LogP contribution in [0.15, 0.2) is 60.8 Å². The van der Waals surface area contributed by atoms with Gasteiger partial charge in [-0.3, -0.25) is 9.59 Å². The molecule has 0 rings (SSSR count). The quantitative estimate of drug-likeness (QED) is 0.0247. The fraction of sp³-hybridized carbons (Fsp3) is 0.765. The average Bonchev–Trinajstić information content (AvgIpc) is 3.20. The zero-order chi connectivity index (χ0) is 41.7. The van der Waals surface area contributed by atoms with Crippen molar-refractivity contribution in [1.82, 2.24) is 5.32 Å². The van der Waals surface area contributed by atoms with Gasteiger partial charge in [-0.1, -0.05) is 204 Å². The lowest BCUT2D eigenvalue weighted by Crippen LogP contribution is -2.46. The molecule has 0 radical (unpaired) electrons. The lowest BCUT2D eigenvalue weighted by atomic mass is 10.0. The van der Waals surface area contributed by atoms with Crippen molar-refractivity contribution in [3.8, 4) is 0 Å². The molecule has 6 nitrogen and oxygen atoms in total. The predicted molar refractivity (Wildman–Crippen MR) is 245 cm³/mol. The van der Waals surface area contributed by atoms with Gasteiger partial charge in [0.25, 0.3) is 0 Å². The number of aliphatic hydroxyl groups is 2. The first kappa shape index (κ1) is 54.6. The summed E-state index contributed by atoms with van der Waals surface area (Å²) in [5, 5.41) is 23.6. The third-order valence-corrected chi connectivity index (χ3v) is 10.6. The summed E-state index contributed by atoms with van der Waals surface area (Å²) in [6.07, 6.45) is 54.3. The molecule has 0 aromatic rings. The van der Waals surface area contributed by atoms with Crippen molar-refractivity contribution < 1.29 is 24.5 Å². The van der Waals surface area contributed by atoms with Gasteiger partial charge in [0.15, 0.2) is 0 Å². The minimum atomic E-state index is -0.795. The Kier molecular flexibility index (Phi) is 42.7. The Morgan fingerprint density at radius 3 is 1.53 bits per heavy atom. The number of aliphatic hydroxyl groups excluding tert-OH is 2. The molecule has 0 saturated carbocycles. The molecular weight excluding hydrogens is 707 g/mol. The Morgan fingerprint density at radius 1 is 0.509 bits per heavy atom. The van der Waals surface area contributed by atoms with Gasteiger partial charge < -0.3 is 20.3 Å². The minimum Gasteiger partial charge on any atom is -0.462 e. The highest BCUT2D eigenvalue weighted by Gasteiger charge is 2.24. The second-order valence-corrected chi connectivity index (χ2v) is 16.2. The molecule has 1 amide bonds. The maximum absolute atomic E-state index is 13.1. The van der Waals surface area contributed by atoms with Crippen LogP contribution in [0.1, 0.15) is 226 Å². The highest BCUT2D eigenvalue weighted by molar-refractivity contribution is 5.77. The summed E-state index contributed by atoms with van der Waals surface area (Å²) in [5.74, 6) is -0.522. The fourth-order valence-corrected chi connectivity index (χ4v) is 6.97. The molecule has 0 fully saturated rings. The number of amides is 1. The van der Waals surface area contributed by atoms with E-state index in [1.807, 2.05) is 0 Å². The monoisotopic (exact) mass is 798 g/mol. The zero-order valence-corrected chi connectivity index (χ0v) is 37.5. The van der Waals surface area contributed by atoms with Gasteiger partial charge in [-0.15, -0.1) is 0 Å². The van der Waals surface area contributed by atoms with E-state index in [1.165, 1.54) is 77.0 Å². The molecule has 0 aromatic heterocycles. The molecular formula is C51H91NO5. The van der Waals surface area contributed by atoms with Crippen LogP contribution < -0.4 is 5.32 Å². The van der Waals surface area contributed by atoms with E-state index in [0.717, 1.165) is 103 Å². The molecule has 0 aliphatic rings. The fourth-order valence-electron chi connectivity index (χ4n) is 6.97. The topological polar surface area (TPSA) is 95.9 Å². The van der Waals surface area contributed by atoms with Crippen molar-refractivity contribution in [2.75, 3.05) is 6.61 Å². The number of nitrogens with one attached hydrogen (secondary N) is 1. The molecule has 6 heteroatoms. The summed E-state index contributed by atoms with van der Waals surface area (Å²) in [5.41, 5.74) is 0. The predicted octanol–water partition coefficient (Wildman–Crippen LogP) is 14.1. The summed E-state index contributed by atoms with van der Waals surface area (Å²) in [6.45, 7) is 6.35. The van der Waals surface area contributed by atoms with Gasteiger partial charge in [-0.2, -0.15) is 0 Å². The standard InChI is InChI=1S/C51H91NO5/c1-4-7-10-13-16-19-21-23-24-25-26-27-28-30-32-35-38-41-44-51(56)57-47(42-39-36-33-18-15-12-9-6-3)45-50(55)52-48(46-53)49(54)43-40-37-34-31-29-22-20-17-14-11-8-5-2/h12,15-16,19,21,23-27,47-49,53-54H,4-11,13-14,17-18,20,22,28-46H2,1-3H3,(H,52,55)/b15-12-,19-16+,23-21+,25-24+,27-26+. The van der Waals surface area contributed by atoms with Crippen molar-refractivity contribution in [2.24, 2.45) is 0 Å². The molecule has 0 aliphatic carbocycles. The molecule has 3 N–H and O–H groups in total. The van der Waals surface area contributed by atoms with E-state index in [-0.39, 0.29) is 24.9 Å². The molecule has 0 aromatic carbocycles. The van der Waals surface area contributed by atoms with Crippen molar-refractivity contribution >= 4 is 11.9 Å². The van der Waals surface area contributed by atoms with Crippen LogP contribution in [0.5, 0.6) is 0 Å². The maximum atomic E-state index is 13.1. The van der Waals surface area contributed by atoms with Gasteiger partial charge in [0.05, 0.1) is 25.2 Å². The van der Waals surface area contributed by atoms with Crippen LogP contribution >= 0.6 is 0 Å². The number of esters is 1. The lowest BCUT2D eigenvalue weighted by Gasteiger charge is -2.24. The van der Waals surface area contributed by atoms with Crippen LogP contribution in [0.4, 0.5) is 0 Å². The first-order chi connectivity index (χ1) is 28.0. The Morgan fingerprint density at radius 2 is 0.947 bits per heavy atom. The third kappa shape index (κ3) is 40.1. The molecule has 0 bridgehead atoms. The van der Waals surface area contributed by atoms with Crippen LogP contribution in [0.2, 0.25) is 0 Å². The Labute approximate surface area is 352 Å². The second-order valence-electron chi connectivity index (χ2n) is 16.2. The van der Waals surface area contributed by atoms with Gasteiger partial charge in [-0.05, 0) is 70.6 Å². The first-order valence-electron chi connectivity index (χ1n) is 24.1. The summed E-state index contributed by atoms with van der Waals surface area (Å²) in [7, 11) is 0. The number of ether oxygens (including phenoxy) is 1. The minimum absolute atomic E-state index is 0.0547. The molecule has 0 saturated heterocycles. The van der Waals surface area contributed by atoms with Gasteiger partial charge in [-0.25, -0.2) is 0 Å². The second kappa shape index (κ2) is 44.7. The highest BCUT2D eigenvalue weighted by atomic mass is 16.5. The molecule has 0 aliphatic heterocycles. The number of unbranched alkanes of at least 4 members (excludes halogenated alkanes) is 23. The van der Waals surface area contributed by atoms with E-state index in [0.29, 0.717) is 19.3 Å². The van der Waals surface area contributed by atoms with E-state index in [1.54, 1.807) is 0 Å². The molecule has 330 valence electrons. The Hall–Kier alpha value is -2.44. The number of hydrogen-bond acceptors (Lipinski definition) is 5. The summed E-state index contributed by atoms with van der Waals surface area (Å²) >= 11 is 0. The average molecular weight is 798 g/mol.